The SMILES string of the molecule is Cc1cc([C@@H](C)Nc2cc(F)ccc2C(=O)O)c2nc(C3CCOCC3)n(C)c(=O)c2c1. The number of carboxylic acid groups (broad SMARTS) is 1. The molecule has 0 bridgehead atoms. The number of fused-ring (bicyclic) bond motifs is 1. The molecule has 8 heteroatoms. The van der Waals surface area contributed by atoms with Gasteiger partial charge >= 0.3 is 5.97 Å². The van der Waals surface area contributed by atoms with Crippen LogP contribution in [0.15, 0.2) is 35.1 Å². The van der Waals surface area contributed by atoms with Crippen LogP contribution in [0.5, 0.6) is 0 Å². The first-order valence-corrected chi connectivity index (χ1v) is 10.6. The first-order chi connectivity index (χ1) is 15.3. The number of carbonyl (C=O) groups is 1. The topological polar surface area (TPSA) is 93.4 Å². The highest BCUT2D eigenvalue weighted by Gasteiger charge is 2.24. The highest BCUT2D eigenvalue weighted by atomic mass is 19.1. The van der Waals surface area contributed by atoms with E-state index in [1.54, 1.807) is 11.6 Å². The molecule has 0 spiro atoms. The summed E-state index contributed by atoms with van der Waals surface area (Å²) in [5, 5.41) is 13.1. The monoisotopic (exact) mass is 439 g/mol. The number of halogens is 1. The third kappa shape index (κ3) is 4.10. The molecule has 1 atom stereocenters. The van der Waals surface area contributed by atoms with Crippen molar-refractivity contribution in [1.82, 2.24) is 9.55 Å². The Morgan fingerprint density at radius 2 is 2.00 bits per heavy atom. The lowest BCUT2D eigenvalue weighted by Crippen LogP contribution is -2.27. The van der Waals surface area contributed by atoms with Crippen molar-refractivity contribution >= 4 is 22.6 Å². The molecular weight excluding hydrogens is 413 g/mol. The maximum Gasteiger partial charge on any atom is 0.337 e. The average Bonchev–Trinajstić information content (AvgIpc) is 2.76. The van der Waals surface area contributed by atoms with Gasteiger partial charge in [-0.1, -0.05) is 6.07 Å². The number of hydrogen-bond acceptors (Lipinski definition) is 5. The molecule has 1 aliphatic heterocycles. The summed E-state index contributed by atoms with van der Waals surface area (Å²) in [6.07, 6.45) is 1.60. The minimum Gasteiger partial charge on any atom is -0.478 e. The minimum atomic E-state index is -1.15. The van der Waals surface area contributed by atoms with Gasteiger partial charge in [-0.05, 0) is 56.5 Å². The van der Waals surface area contributed by atoms with Gasteiger partial charge in [-0.15, -0.1) is 0 Å². The van der Waals surface area contributed by atoms with Crippen molar-refractivity contribution in [2.75, 3.05) is 18.5 Å². The molecule has 0 aliphatic carbocycles. The van der Waals surface area contributed by atoms with Crippen molar-refractivity contribution in [2.24, 2.45) is 7.05 Å². The zero-order chi connectivity index (χ0) is 23.0. The van der Waals surface area contributed by atoms with E-state index in [-0.39, 0.29) is 22.7 Å². The number of carboxylic acids is 1. The number of nitrogens with one attached hydrogen (secondary N) is 1. The highest BCUT2D eigenvalue weighted by Crippen LogP contribution is 2.31. The number of aryl methyl sites for hydroxylation is 1. The van der Waals surface area contributed by atoms with Gasteiger partial charge in [-0.3, -0.25) is 9.36 Å². The first kappa shape index (κ1) is 22.0. The molecule has 1 fully saturated rings. The van der Waals surface area contributed by atoms with E-state index < -0.39 is 17.8 Å². The molecule has 2 aromatic carbocycles. The van der Waals surface area contributed by atoms with E-state index >= 15 is 0 Å². The highest BCUT2D eigenvalue weighted by molar-refractivity contribution is 5.94. The molecule has 1 aliphatic rings. The number of ether oxygens (including phenoxy) is 1. The summed E-state index contributed by atoms with van der Waals surface area (Å²) >= 11 is 0. The number of hydrogen-bond donors (Lipinski definition) is 2. The summed E-state index contributed by atoms with van der Waals surface area (Å²) in [4.78, 5) is 29.7. The van der Waals surface area contributed by atoms with Crippen LogP contribution in [0.1, 0.15) is 59.0 Å². The molecular formula is C24H26FN3O4. The van der Waals surface area contributed by atoms with Gasteiger partial charge in [-0.2, -0.15) is 0 Å². The van der Waals surface area contributed by atoms with Gasteiger partial charge in [0.05, 0.1) is 28.2 Å². The smallest absolute Gasteiger partial charge is 0.337 e. The van der Waals surface area contributed by atoms with Crippen LogP contribution in [0.2, 0.25) is 0 Å². The Balaban J connectivity index is 1.83. The third-order valence-corrected chi connectivity index (χ3v) is 6.03. The van der Waals surface area contributed by atoms with E-state index in [0.29, 0.717) is 24.1 Å². The van der Waals surface area contributed by atoms with Crippen LogP contribution in [0.4, 0.5) is 10.1 Å². The van der Waals surface area contributed by atoms with E-state index in [2.05, 4.69) is 5.32 Å². The van der Waals surface area contributed by atoms with Gasteiger partial charge in [0.25, 0.3) is 5.56 Å². The minimum absolute atomic E-state index is 0.0259. The normalized spacial score (nSPS) is 15.6. The molecule has 168 valence electrons. The predicted molar refractivity (Wildman–Crippen MR) is 120 cm³/mol. The summed E-state index contributed by atoms with van der Waals surface area (Å²) in [6, 6.07) is 6.85. The van der Waals surface area contributed by atoms with Crippen LogP contribution in [0.25, 0.3) is 10.9 Å². The fourth-order valence-corrected chi connectivity index (χ4v) is 4.35. The summed E-state index contributed by atoms with van der Waals surface area (Å²) in [6.45, 7) is 5.01. The van der Waals surface area contributed by atoms with Crippen molar-refractivity contribution in [1.29, 1.82) is 0 Å². The Labute approximate surface area is 184 Å². The second-order valence-electron chi connectivity index (χ2n) is 8.33. The van der Waals surface area contributed by atoms with Crippen molar-refractivity contribution in [3.8, 4) is 0 Å². The zero-order valence-corrected chi connectivity index (χ0v) is 18.3. The summed E-state index contributed by atoms with van der Waals surface area (Å²) in [7, 11) is 1.75. The molecule has 1 saturated heterocycles. The Bertz CT molecular complexity index is 1250. The van der Waals surface area contributed by atoms with Crippen LogP contribution in [0.3, 0.4) is 0 Å². The van der Waals surface area contributed by atoms with Crippen LogP contribution in [0, 0.1) is 12.7 Å². The molecule has 0 unspecified atom stereocenters. The number of rotatable bonds is 5. The van der Waals surface area contributed by atoms with Crippen molar-refractivity contribution in [2.45, 2.75) is 38.6 Å². The van der Waals surface area contributed by atoms with Gasteiger partial charge in [0, 0.05) is 31.7 Å². The van der Waals surface area contributed by atoms with Gasteiger partial charge < -0.3 is 15.2 Å². The van der Waals surface area contributed by atoms with E-state index in [4.69, 9.17) is 9.72 Å². The summed E-state index contributed by atoms with van der Waals surface area (Å²) in [5.41, 5.74) is 2.25. The molecule has 4 rings (SSSR count). The molecule has 32 heavy (non-hydrogen) atoms. The lowest BCUT2D eigenvalue weighted by Gasteiger charge is -2.25. The Morgan fingerprint density at radius 3 is 2.69 bits per heavy atom. The van der Waals surface area contributed by atoms with Crippen LogP contribution >= 0.6 is 0 Å². The number of anilines is 1. The van der Waals surface area contributed by atoms with E-state index in [0.717, 1.165) is 41.9 Å². The maximum atomic E-state index is 13.8. The number of aromatic nitrogens is 2. The third-order valence-electron chi connectivity index (χ3n) is 6.03. The lowest BCUT2D eigenvalue weighted by atomic mass is 9.97. The van der Waals surface area contributed by atoms with Crippen molar-refractivity contribution in [3.63, 3.8) is 0 Å². The second kappa shape index (κ2) is 8.70. The molecule has 2 heterocycles. The fraction of sp³-hybridized carbons (Fsp3) is 0.375. The molecule has 0 radical (unpaired) electrons. The van der Waals surface area contributed by atoms with E-state index in [1.807, 2.05) is 26.0 Å². The molecule has 2 N–H and O–H groups in total. The average molecular weight is 439 g/mol. The Hall–Kier alpha value is -3.26. The maximum absolute atomic E-state index is 13.8. The second-order valence-corrected chi connectivity index (χ2v) is 8.33. The zero-order valence-electron chi connectivity index (χ0n) is 18.3. The first-order valence-electron chi connectivity index (χ1n) is 10.6. The lowest BCUT2D eigenvalue weighted by molar-refractivity contribution is 0.0697. The largest absolute Gasteiger partial charge is 0.478 e. The van der Waals surface area contributed by atoms with Crippen molar-refractivity contribution < 1.29 is 19.0 Å². The number of benzene rings is 2. The Kier molecular flexibility index (Phi) is 5.97. The number of nitrogens with zero attached hydrogens (tertiary/aromatic N) is 2. The van der Waals surface area contributed by atoms with E-state index in [1.165, 1.54) is 6.07 Å². The molecule has 1 aromatic heterocycles. The van der Waals surface area contributed by atoms with Crippen molar-refractivity contribution in [3.05, 3.63) is 69.0 Å². The van der Waals surface area contributed by atoms with Gasteiger partial charge in [-0.25, -0.2) is 14.2 Å². The molecule has 0 saturated carbocycles. The quantitative estimate of drug-likeness (QED) is 0.621. The summed E-state index contributed by atoms with van der Waals surface area (Å²) in [5.74, 6) is -0.833. The fourth-order valence-electron chi connectivity index (χ4n) is 4.35. The standard InChI is InChI=1S/C24H26FN3O4/c1-13-10-18(14(2)26-20-12-16(25)4-5-17(20)24(30)31)21-19(11-13)23(29)28(3)22(27-21)15-6-8-32-9-7-15/h4-5,10-12,14-15,26H,6-9H2,1-3H3,(H,30,31)/t14-/m1/s1. The van der Waals surface area contributed by atoms with Gasteiger partial charge in [0.1, 0.15) is 11.6 Å². The van der Waals surface area contributed by atoms with Crippen LogP contribution in [-0.2, 0) is 11.8 Å². The number of aromatic carboxylic acids is 1. The molecule has 7 nitrogen and oxygen atoms in total. The molecule has 3 aromatic rings. The van der Waals surface area contributed by atoms with Crippen LogP contribution in [-0.4, -0.2) is 33.8 Å². The molecule has 0 amide bonds. The predicted octanol–water partition coefficient (Wildman–Crippen LogP) is 4.15. The Morgan fingerprint density at radius 1 is 1.28 bits per heavy atom. The summed E-state index contributed by atoms with van der Waals surface area (Å²) < 4.78 is 20.9. The van der Waals surface area contributed by atoms with Gasteiger partial charge in [0.15, 0.2) is 0 Å². The van der Waals surface area contributed by atoms with E-state index in [9.17, 15) is 19.1 Å². The van der Waals surface area contributed by atoms with Gasteiger partial charge in [0.2, 0.25) is 0 Å². The van der Waals surface area contributed by atoms with Crippen LogP contribution < -0.4 is 10.9 Å².